The van der Waals surface area contributed by atoms with Gasteiger partial charge in [-0.25, -0.2) is 0 Å². The average Bonchev–Trinajstić information content (AvgIpc) is 3.32. The monoisotopic (exact) mass is 336 g/mol. The van der Waals surface area contributed by atoms with E-state index in [9.17, 15) is 9.90 Å². The molecular formula is C20H32O4. The summed E-state index contributed by atoms with van der Waals surface area (Å²) in [7, 11) is 0. The van der Waals surface area contributed by atoms with Gasteiger partial charge >= 0.3 is 0 Å². The highest BCUT2D eigenvalue weighted by molar-refractivity contribution is 5.85. The van der Waals surface area contributed by atoms with Gasteiger partial charge in [0.05, 0.1) is 23.9 Å². The number of rotatable bonds is 1. The molecule has 0 aromatic rings. The van der Waals surface area contributed by atoms with E-state index in [-0.39, 0.29) is 34.4 Å². The molecule has 0 aromatic heterocycles. The summed E-state index contributed by atoms with van der Waals surface area (Å²) in [6.45, 7) is 11.5. The van der Waals surface area contributed by atoms with Gasteiger partial charge in [0.2, 0.25) is 0 Å². The van der Waals surface area contributed by atoms with Crippen molar-refractivity contribution in [1.82, 2.24) is 0 Å². The van der Waals surface area contributed by atoms with Crippen LogP contribution in [0.2, 0.25) is 0 Å². The third kappa shape index (κ3) is 2.05. The van der Waals surface area contributed by atoms with Crippen LogP contribution in [0.15, 0.2) is 0 Å². The zero-order chi connectivity index (χ0) is 17.5. The number of epoxide rings is 1. The first-order chi connectivity index (χ1) is 11.0. The number of ether oxygens (including phenoxy) is 2. The number of carbonyl (C=O) groups excluding carboxylic acids is 1. The third-order valence-electron chi connectivity index (χ3n) is 8.28. The Kier molecular flexibility index (Phi) is 3.42. The molecule has 4 aliphatic rings. The minimum Gasteiger partial charge on any atom is -0.390 e. The fraction of sp³-hybridized carbons (Fsp3) is 0.950. The summed E-state index contributed by atoms with van der Waals surface area (Å²) in [5, 5.41) is 11.1. The van der Waals surface area contributed by atoms with Crippen LogP contribution in [0.5, 0.6) is 0 Å². The Morgan fingerprint density at radius 3 is 2.38 bits per heavy atom. The lowest BCUT2D eigenvalue weighted by molar-refractivity contribution is -0.300. The van der Waals surface area contributed by atoms with Crippen LogP contribution in [0.25, 0.3) is 0 Å². The van der Waals surface area contributed by atoms with Crippen molar-refractivity contribution >= 4 is 5.78 Å². The summed E-state index contributed by atoms with van der Waals surface area (Å²) >= 11 is 0. The van der Waals surface area contributed by atoms with Gasteiger partial charge in [-0.3, -0.25) is 4.79 Å². The number of Topliss-reactive ketones (excluding diaryl/α,β-unsaturated/α-hetero) is 1. The summed E-state index contributed by atoms with van der Waals surface area (Å²) in [6.07, 6.45) is 3.91. The quantitative estimate of drug-likeness (QED) is 0.748. The fourth-order valence-electron chi connectivity index (χ4n) is 6.59. The maximum Gasteiger partial charge on any atom is 0.138 e. The molecule has 0 aromatic carbocycles. The minimum atomic E-state index is -0.541. The lowest BCUT2D eigenvalue weighted by Gasteiger charge is -2.66. The maximum atomic E-state index is 12.5. The molecule has 2 saturated heterocycles. The fourth-order valence-corrected chi connectivity index (χ4v) is 6.59. The van der Waals surface area contributed by atoms with Gasteiger partial charge in [-0.2, -0.15) is 0 Å². The van der Waals surface area contributed by atoms with Gasteiger partial charge in [0.1, 0.15) is 11.9 Å². The molecule has 7 atom stereocenters. The molecule has 4 heteroatoms. The summed E-state index contributed by atoms with van der Waals surface area (Å²) in [5.74, 6) is 0.871. The van der Waals surface area contributed by atoms with Gasteiger partial charge < -0.3 is 14.6 Å². The van der Waals surface area contributed by atoms with Crippen molar-refractivity contribution in [2.75, 3.05) is 6.61 Å². The molecular weight excluding hydrogens is 304 g/mol. The molecule has 4 fully saturated rings. The van der Waals surface area contributed by atoms with E-state index in [1.54, 1.807) is 0 Å². The van der Waals surface area contributed by atoms with Crippen molar-refractivity contribution in [3.05, 3.63) is 0 Å². The van der Waals surface area contributed by atoms with Gasteiger partial charge in [-0.05, 0) is 56.8 Å². The van der Waals surface area contributed by atoms with Crippen molar-refractivity contribution < 1.29 is 19.4 Å². The van der Waals surface area contributed by atoms with Crippen LogP contribution in [0.1, 0.15) is 66.7 Å². The smallest absolute Gasteiger partial charge is 0.138 e. The Bertz CT molecular complexity index is 568. The third-order valence-corrected chi connectivity index (χ3v) is 8.28. The van der Waals surface area contributed by atoms with Crippen LogP contribution >= 0.6 is 0 Å². The SMILES string of the molecule is CC1(C)C(=O)CC[C@]2(C)[C@@H]1C[C@@H](O)[C@]1(C)O[C@@](C)([C@@H]3CO3)CC[C@H]21. The maximum absolute atomic E-state index is 12.5. The van der Waals surface area contributed by atoms with E-state index in [0.717, 1.165) is 25.9 Å². The Morgan fingerprint density at radius 1 is 1.08 bits per heavy atom. The molecule has 2 heterocycles. The van der Waals surface area contributed by atoms with Crippen molar-refractivity contribution in [3.8, 4) is 0 Å². The summed E-state index contributed by atoms with van der Waals surface area (Å²) in [4.78, 5) is 12.5. The molecule has 4 rings (SSSR count). The number of hydrogen-bond acceptors (Lipinski definition) is 4. The topological polar surface area (TPSA) is 59.1 Å². The predicted octanol–water partition coefficient (Wildman–Crippen LogP) is 3.11. The zero-order valence-corrected chi connectivity index (χ0v) is 15.7. The minimum absolute atomic E-state index is 0.0527. The van der Waals surface area contributed by atoms with Crippen LogP contribution in [0.4, 0.5) is 0 Å². The Balaban J connectivity index is 1.71. The Labute approximate surface area is 145 Å². The lowest BCUT2D eigenvalue weighted by Crippen LogP contribution is -2.69. The van der Waals surface area contributed by atoms with Crippen molar-refractivity contribution in [1.29, 1.82) is 0 Å². The van der Waals surface area contributed by atoms with E-state index < -0.39 is 11.7 Å². The molecule has 24 heavy (non-hydrogen) atoms. The van der Waals surface area contributed by atoms with E-state index in [0.29, 0.717) is 18.6 Å². The van der Waals surface area contributed by atoms with Crippen LogP contribution in [0.3, 0.4) is 0 Å². The molecule has 2 aliphatic carbocycles. The predicted molar refractivity (Wildman–Crippen MR) is 90.6 cm³/mol. The molecule has 136 valence electrons. The van der Waals surface area contributed by atoms with Crippen molar-refractivity contribution in [2.24, 2.45) is 22.7 Å². The molecule has 0 spiro atoms. The van der Waals surface area contributed by atoms with Crippen molar-refractivity contribution in [2.45, 2.75) is 90.1 Å². The molecule has 0 amide bonds. The van der Waals surface area contributed by atoms with Gasteiger partial charge in [0.15, 0.2) is 0 Å². The number of aliphatic hydroxyl groups is 1. The molecule has 0 bridgehead atoms. The number of fused-ring (bicyclic) bond motifs is 3. The molecule has 2 saturated carbocycles. The van der Waals surface area contributed by atoms with E-state index in [1.165, 1.54) is 0 Å². The molecule has 0 radical (unpaired) electrons. The molecule has 1 N–H and O–H groups in total. The van der Waals surface area contributed by atoms with Crippen LogP contribution in [-0.2, 0) is 14.3 Å². The number of ketones is 1. The summed E-state index contributed by atoms with van der Waals surface area (Å²) in [5.41, 5.74) is -1.12. The van der Waals surface area contributed by atoms with Gasteiger partial charge in [-0.1, -0.05) is 20.8 Å². The average molecular weight is 336 g/mol. The number of aliphatic hydroxyl groups excluding tert-OH is 1. The summed E-state index contributed by atoms with van der Waals surface area (Å²) in [6, 6.07) is 0. The number of hydrogen-bond donors (Lipinski definition) is 1. The van der Waals surface area contributed by atoms with E-state index in [2.05, 4.69) is 34.6 Å². The first-order valence-electron chi connectivity index (χ1n) is 9.57. The Morgan fingerprint density at radius 2 is 1.75 bits per heavy atom. The van der Waals surface area contributed by atoms with Crippen LogP contribution in [0, 0.1) is 22.7 Å². The van der Waals surface area contributed by atoms with Gasteiger partial charge in [0, 0.05) is 11.8 Å². The molecule has 2 aliphatic heterocycles. The van der Waals surface area contributed by atoms with Crippen LogP contribution < -0.4 is 0 Å². The highest BCUT2D eigenvalue weighted by Gasteiger charge is 2.67. The first kappa shape index (κ1) is 17.0. The second-order valence-corrected chi connectivity index (χ2v) is 9.97. The first-order valence-corrected chi connectivity index (χ1v) is 9.57. The van der Waals surface area contributed by atoms with Crippen LogP contribution in [-0.4, -0.2) is 40.9 Å². The van der Waals surface area contributed by atoms with E-state index in [1.807, 2.05) is 0 Å². The standard InChI is InChI=1S/C20H32O4/c1-17(2)13-10-15(22)20(5)12(18(13,3)8-7-14(17)21)6-9-19(4,24-20)16-11-23-16/h12-13,15-16,22H,6-11H2,1-5H3/t12-,13-,15-,16+,18+,19-,20-/m1/s1. The van der Waals surface area contributed by atoms with Crippen molar-refractivity contribution in [3.63, 3.8) is 0 Å². The number of carbonyl (C=O) groups is 1. The highest BCUT2D eigenvalue weighted by Crippen LogP contribution is 2.65. The Hall–Kier alpha value is -0.450. The molecule has 0 unspecified atom stereocenters. The second kappa shape index (κ2) is 4.83. The zero-order valence-electron chi connectivity index (χ0n) is 15.7. The van der Waals surface area contributed by atoms with Gasteiger partial charge in [0.25, 0.3) is 0 Å². The van der Waals surface area contributed by atoms with E-state index in [4.69, 9.17) is 9.47 Å². The van der Waals surface area contributed by atoms with Gasteiger partial charge in [-0.15, -0.1) is 0 Å². The normalized spacial score (nSPS) is 56.3. The lowest BCUT2D eigenvalue weighted by atomic mass is 9.43. The molecule has 4 nitrogen and oxygen atoms in total. The summed E-state index contributed by atoms with van der Waals surface area (Å²) < 4.78 is 12.2. The highest BCUT2D eigenvalue weighted by atomic mass is 16.6. The largest absolute Gasteiger partial charge is 0.390 e. The van der Waals surface area contributed by atoms with E-state index >= 15 is 0 Å². The second-order valence-electron chi connectivity index (χ2n) is 9.97.